The second-order valence-electron chi connectivity index (χ2n) is 2.94. The van der Waals surface area contributed by atoms with Crippen LogP contribution in [0.15, 0.2) is 23.4 Å². The van der Waals surface area contributed by atoms with Crippen molar-refractivity contribution >= 4 is 23.5 Å². The summed E-state index contributed by atoms with van der Waals surface area (Å²) in [5.74, 6) is 0. The number of nitrogens with zero attached hydrogens (tertiary/aromatic N) is 2. The Kier molecular flexibility index (Phi) is 5.38. The summed E-state index contributed by atoms with van der Waals surface area (Å²) in [4.78, 5) is 4.08. The van der Waals surface area contributed by atoms with Crippen LogP contribution in [-0.4, -0.2) is 28.0 Å². The van der Waals surface area contributed by atoms with Gasteiger partial charge in [-0.3, -0.25) is 10.4 Å². The van der Waals surface area contributed by atoms with Crippen molar-refractivity contribution in [2.75, 3.05) is 6.54 Å². The molecule has 0 aliphatic heterocycles. The lowest BCUT2D eigenvalue weighted by Crippen LogP contribution is -2.31. The molecule has 0 aromatic carbocycles. The third kappa shape index (κ3) is 3.92. The molecule has 0 bridgehead atoms. The molecule has 1 heterocycles. The number of hydrazone groups is 1. The number of aliphatic hydroxyl groups is 1. The van der Waals surface area contributed by atoms with E-state index in [0.717, 1.165) is 12.1 Å². The Morgan fingerprint density at radius 3 is 3.19 bits per heavy atom. The van der Waals surface area contributed by atoms with Crippen molar-refractivity contribution in [2.24, 2.45) is 5.10 Å². The second-order valence-corrected chi connectivity index (χ2v) is 3.34. The van der Waals surface area contributed by atoms with Gasteiger partial charge < -0.3 is 10.4 Å². The highest BCUT2D eigenvalue weighted by atomic mass is 32.1. The maximum Gasteiger partial charge on any atom is 0.186 e. The number of hydrogen-bond donors (Lipinski definition) is 3. The van der Waals surface area contributed by atoms with E-state index >= 15 is 0 Å². The van der Waals surface area contributed by atoms with Gasteiger partial charge in [0.05, 0.1) is 18.5 Å². The Morgan fingerprint density at radius 2 is 2.50 bits per heavy atom. The zero-order valence-electron chi connectivity index (χ0n) is 8.97. The molecule has 0 aliphatic rings. The Hall–Kier alpha value is -1.53. The van der Waals surface area contributed by atoms with E-state index in [1.54, 1.807) is 18.3 Å². The summed E-state index contributed by atoms with van der Waals surface area (Å²) in [7, 11) is 0. The van der Waals surface area contributed by atoms with E-state index in [0.29, 0.717) is 10.8 Å². The summed E-state index contributed by atoms with van der Waals surface area (Å²) in [6, 6.07) is 3.55. The summed E-state index contributed by atoms with van der Waals surface area (Å²) in [5, 5.41) is 16.3. The fourth-order valence-electron chi connectivity index (χ4n) is 1.05. The summed E-state index contributed by atoms with van der Waals surface area (Å²) in [6.45, 7) is 2.62. The van der Waals surface area contributed by atoms with Gasteiger partial charge in [0.15, 0.2) is 5.11 Å². The molecule has 0 saturated heterocycles. The zero-order chi connectivity index (χ0) is 11.8. The molecule has 0 radical (unpaired) electrons. The standard InChI is InChI=1S/C10H14N4OS/c1-2-11-10(16)14-13-6-9-8(7-15)4-3-5-12-9/h3-6,15H,2,7H2,1H3,(H2,11,14,16). The number of hydrogen-bond acceptors (Lipinski definition) is 4. The van der Waals surface area contributed by atoms with Crippen molar-refractivity contribution in [3.8, 4) is 0 Å². The molecule has 1 rings (SSSR count). The summed E-state index contributed by atoms with van der Waals surface area (Å²) < 4.78 is 0. The highest BCUT2D eigenvalue weighted by molar-refractivity contribution is 7.80. The fourth-order valence-corrected chi connectivity index (χ4v) is 1.25. The van der Waals surface area contributed by atoms with Gasteiger partial charge in [0.2, 0.25) is 0 Å². The molecule has 0 aliphatic carbocycles. The van der Waals surface area contributed by atoms with Crippen molar-refractivity contribution in [3.05, 3.63) is 29.6 Å². The van der Waals surface area contributed by atoms with Crippen molar-refractivity contribution < 1.29 is 5.11 Å². The van der Waals surface area contributed by atoms with Crippen LogP contribution in [0.3, 0.4) is 0 Å². The number of rotatable bonds is 4. The minimum Gasteiger partial charge on any atom is -0.392 e. The molecular formula is C10H14N4OS. The molecule has 16 heavy (non-hydrogen) atoms. The first-order valence-electron chi connectivity index (χ1n) is 4.89. The molecule has 1 aromatic heterocycles. The van der Waals surface area contributed by atoms with E-state index in [-0.39, 0.29) is 6.61 Å². The van der Waals surface area contributed by atoms with E-state index in [9.17, 15) is 0 Å². The van der Waals surface area contributed by atoms with Crippen LogP contribution in [-0.2, 0) is 6.61 Å². The van der Waals surface area contributed by atoms with Gasteiger partial charge in [-0.1, -0.05) is 6.07 Å². The van der Waals surface area contributed by atoms with Crippen LogP contribution in [0, 0.1) is 0 Å². The van der Waals surface area contributed by atoms with Crippen LogP contribution >= 0.6 is 12.2 Å². The van der Waals surface area contributed by atoms with E-state index in [4.69, 9.17) is 17.3 Å². The Balaban J connectivity index is 2.58. The van der Waals surface area contributed by atoms with Crippen LogP contribution < -0.4 is 10.7 Å². The van der Waals surface area contributed by atoms with Crippen molar-refractivity contribution in [1.29, 1.82) is 0 Å². The molecule has 0 unspecified atom stereocenters. The highest BCUT2D eigenvalue weighted by Gasteiger charge is 1.98. The third-order valence-corrected chi connectivity index (χ3v) is 2.02. The number of pyridine rings is 1. The van der Waals surface area contributed by atoms with Crippen LogP contribution in [0.25, 0.3) is 0 Å². The quantitative estimate of drug-likeness (QED) is 0.402. The van der Waals surface area contributed by atoms with Crippen LogP contribution in [0.2, 0.25) is 0 Å². The highest BCUT2D eigenvalue weighted by Crippen LogP contribution is 2.01. The molecular weight excluding hydrogens is 224 g/mol. The summed E-state index contributed by atoms with van der Waals surface area (Å²) in [6.07, 6.45) is 3.17. The molecule has 1 aromatic rings. The van der Waals surface area contributed by atoms with Gasteiger partial charge in [0.1, 0.15) is 0 Å². The zero-order valence-corrected chi connectivity index (χ0v) is 9.79. The summed E-state index contributed by atoms with van der Waals surface area (Å²) in [5.41, 5.74) is 4.00. The molecule has 0 amide bonds. The number of aliphatic hydroxyl groups excluding tert-OH is 1. The molecule has 3 N–H and O–H groups in total. The van der Waals surface area contributed by atoms with E-state index in [1.165, 1.54) is 6.21 Å². The smallest absolute Gasteiger partial charge is 0.186 e. The van der Waals surface area contributed by atoms with Gasteiger partial charge in [0.25, 0.3) is 0 Å². The van der Waals surface area contributed by atoms with E-state index in [2.05, 4.69) is 20.8 Å². The lowest BCUT2D eigenvalue weighted by atomic mass is 10.2. The monoisotopic (exact) mass is 238 g/mol. The number of aromatic nitrogens is 1. The minimum atomic E-state index is -0.0626. The molecule has 6 heteroatoms. The van der Waals surface area contributed by atoms with Crippen LogP contribution in [0.5, 0.6) is 0 Å². The third-order valence-electron chi connectivity index (χ3n) is 1.79. The minimum absolute atomic E-state index is 0.0626. The first-order valence-corrected chi connectivity index (χ1v) is 5.30. The molecule has 0 saturated carbocycles. The van der Waals surface area contributed by atoms with Gasteiger partial charge in [-0.25, -0.2) is 0 Å². The van der Waals surface area contributed by atoms with Crippen molar-refractivity contribution in [3.63, 3.8) is 0 Å². The Morgan fingerprint density at radius 1 is 1.69 bits per heavy atom. The van der Waals surface area contributed by atoms with Gasteiger partial charge in [-0.15, -0.1) is 0 Å². The average molecular weight is 238 g/mol. The normalized spacial score (nSPS) is 10.4. The second kappa shape index (κ2) is 6.86. The lowest BCUT2D eigenvalue weighted by molar-refractivity contribution is 0.281. The Labute approximate surface area is 99.6 Å². The van der Waals surface area contributed by atoms with Gasteiger partial charge in [-0.05, 0) is 25.2 Å². The Bertz CT molecular complexity index is 381. The molecule has 5 nitrogen and oxygen atoms in total. The van der Waals surface area contributed by atoms with Gasteiger partial charge in [-0.2, -0.15) is 5.10 Å². The molecule has 0 atom stereocenters. The van der Waals surface area contributed by atoms with Crippen molar-refractivity contribution in [2.45, 2.75) is 13.5 Å². The number of thiocarbonyl (C=S) groups is 1. The number of nitrogens with one attached hydrogen (secondary N) is 2. The maximum atomic E-state index is 9.05. The molecule has 0 spiro atoms. The van der Waals surface area contributed by atoms with Crippen LogP contribution in [0.4, 0.5) is 0 Å². The van der Waals surface area contributed by atoms with Crippen LogP contribution in [0.1, 0.15) is 18.2 Å². The SMILES string of the molecule is CCNC(=S)NN=Cc1ncccc1CO. The summed E-state index contributed by atoms with van der Waals surface area (Å²) >= 11 is 4.92. The lowest BCUT2D eigenvalue weighted by Gasteiger charge is -2.03. The average Bonchev–Trinajstić information content (AvgIpc) is 2.30. The first-order chi connectivity index (χ1) is 7.77. The molecule has 0 fully saturated rings. The van der Waals surface area contributed by atoms with Crippen molar-refractivity contribution in [1.82, 2.24) is 15.7 Å². The van der Waals surface area contributed by atoms with Gasteiger partial charge >= 0.3 is 0 Å². The predicted molar refractivity (Wildman–Crippen MR) is 67.2 cm³/mol. The largest absolute Gasteiger partial charge is 0.392 e. The van der Waals surface area contributed by atoms with E-state index in [1.807, 2.05) is 6.92 Å². The predicted octanol–water partition coefficient (Wildman–Crippen LogP) is 0.392. The molecule has 86 valence electrons. The first kappa shape index (κ1) is 12.5. The topological polar surface area (TPSA) is 69.5 Å². The maximum absolute atomic E-state index is 9.05. The van der Waals surface area contributed by atoms with Gasteiger partial charge in [0, 0.05) is 18.3 Å². The van der Waals surface area contributed by atoms with E-state index < -0.39 is 0 Å². The fraction of sp³-hybridized carbons (Fsp3) is 0.300.